The van der Waals surface area contributed by atoms with Crippen LogP contribution in [0, 0.1) is 11.8 Å². The van der Waals surface area contributed by atoms with Crippen LogP contribution in [0.5, 0.6) is 23.0 Å². The normalized spacial score (nSPS) is 23.2. The lowest BCUT2D eigenvalue weighted by atomic mass is 9.63. The Labute approximate surface area is 284 Å². The lowest BCUT2D eigenvalue weighted by Crippen LogP contribution is -2.60. The number of fused-ring (bicyclic) bond motifs is 2. The lowest BCUT2D eigenvalue weighted by molar-refractivity contribution is 0.138. The molecule has 4 aromatic carbocycles. The first-order valence-corrected chi connectivity index (χ1v) is 17.1. The molecule has 4 atom stereocenters. The van der Waals surface area contributed by atoms with Crippen molar-refractivity contribution in [2.45, 2.75) is 51.9 Å². The summed E-state index contributed by atoms with van der Waals surface area (Å²) < 4.78 is 23.2. The number of nitrogens with zero attached hydrogens (tertiary/aromatic N) is 1. The average molecular weight is 650 g/mol. The molecule has 0 aliphatic carbocycles. The number of hydrogen-bond acceptors (Lipinski definition) is 8. The fourth-order valence-electron chi connectivity index (χ4n) is 7.29. The van der Waals surface area contributed by atoms with Crippen LogP contribution in [0.25, 0.3) is 0 Å². The van der Waals surface area contributed by atoms with Crippen molar-refractivity contribution in [3.63, 3.8) is 0 Å². The second-order valence-electron chi connectivity index (χ2n) is 12.0. The molecule has 0 amide bonds. The van der Waals surface area contributed by atoms with Gasteiger partial charge in [-0.1, -0.05) is 53.7 Å². The topological polar surface area (TPSA) is 82.6 Å². The molecular formula is C40H47N3O5. The molecule has 8 nitrogen and oxygen atoms in total. The van der Waals surface area contributed by atoms with Crippen LogP contribution in [0.1, 0.15) is 74.1 Å². The van der Waals surface area contributed by atoms with Crippen LogP contribution in [0.15, 0.2) is 102 Å². The van der Waals surface area contributed by atoms with E-state index in [-0.39, 0.29) is 36.0 Å². The van der Waals surface area contributed by atoms with E-state index in [4.69, 9.17) is 28.9 Å². The maximum atomic E-state index is 5.81. The van der Waals surface area contributed by atoms with Gasteiger partial charge in [-0.25, -0.2) is 0 Å². The van der Waals surface area contributed by atoms with Crippen molar-refractivity contribution in [1.82, 2.24) is 10.6 Å². The smallest absolute Gasteiger partial charge is 0.119 e. The van der Waals surface area contributed by atoms with Gasteiger partial charge in [0.1, 0.15) is 30.1 Å². The van der Waals surface area contributed by atoms with Crippen LogP contribution in [-0.4, -0.2) is 39.2 Å². The van der Waals surface area contributed by atoms with Crippen molar-refractivity contribution in [3.05, 3.63) is 119 Å². The van der Waals surface area contributed by atoms with Gasteiger partial charge in [0, 0.05) is 36.0 Å². The van der Waals surface area contributed by atoms with Crippen molar-refractivity contribution in [2.24, 2.45) is 17.0 Å². The van der Waals surface area contributed by atoms with Crippen LogP contribution >= 0.6 is 0 Å². The zero-order valence-electron chi connectivity index (χ0n) is 28.5. The maximum Gasteiger partial charge on any atom is 0.119 e. The fraction of sp³-hybridized carbons (Fsp3) is 0.375. The molecule has 252 valence electrons. The Bertz CT molecular complexity index is 1390. The minimum absolute atomic E-state index is 0.0660. The van der Waals surface area contributed by atoms with Crippen LogP contribution in [-0.2, 0) is 4.84 Å². The number of benzene rings is 4. The number of oxime groups is 1. The molecule has 4 unspecified atom stereocenters. The Kier molecular flexibility index (Phi) is 10.8. The Morgan fingerprint density at radius 3 is 0.896 bits per heavy atom. The van der Waals surface area contributed by atoms with Crippen LogP contribution in [0.2, 0.25) is 0 Å². The highest BCUT2D eigenvalue weighted by molar-refractivity contribution is 5.93. The molecule has 0 spiro atoms. The second-order valence-corrected chi connectivity index (χ2v) is 12.0. The SMILES string of the molecule is CCOc1ccc(C2NC(c3ccc(OCC)cc3)C3C(=NOC)C2C(c2ccc(OCC)cc2)NC3c2ccc(OCC)cc2)cc1. The van der Waals surface area contributed by atoms with Crippen molar-refractivity contribution in [3.8, 4) is 23.0 Å². The molecule has 2 bridgehead atoms. The standard InChI is InChI=1S/C40H47N3O5/c1-6-45-30-18-10-26(11-19-30)36-34-37(27-12-20-31(21-13-27)46-7-2)42-39(29-16-24-33(25-17-29)48-9-4)35(40(34)43-44-5)38(41-36)28-14-22-32(23-15-28)47-8-3/h10-25,34-39,41-42H,6-9H2,1-5H3. The van der Waals surface area contributed by atoms with Gasteiger partial charge in [0.25, 0.3) is 0 Å². The average Bonchev–Trinajstić information content (AvgIpc) is 3.11. The fourth-order valence-corrected chi connectivity index (χ4v) is 7.29. The van der Waals surface area contributed by atoms with E-state index in [2.05, 4.69) is 108 Å². The predicted molar refractivity (Wildman–Crippen MR) is 189 cm³/mol. The molecule has 4 aromatic rings. The van der Waals surface area contributed by atoms with Crippen molar-refractivity contribution in [1.29, 1.82) is 0 Å². The first-order valence-electron chi connectivity index (χ1n) is 17.1. The van der Waals surface area contributed by atoms with E-state index < -0.39 is 0 Å². The lowest BCUT2D eigenvalue weighted by Gasteiger charge is -2.54. The molecule has 0 aromatic heterocycles. The molecule has 6 rings (SSSR count). The molecule has 0 radical (unpaired) electrons. The van der Waals surface area contributed by atoms with Gasteiger partial charge in [-0.3, -0.25) is 0 Å². The summed E-state index contributed by atoms with van der Waals surface area (Å²) in [5.74, 6) is 3.27. The van der Waals surface area contributed by atoms with Crippen LogP contribution < -0.4 is 29.6 Å². The Hall–Kier alpha value is -4.53. The first kappa shape index (κ1) is 33.4. The third kappa shape index (κ3) is 7.00. The number of nitrogens with one attached hydrogen (secondary N) is 2. The van der Waals surface area contributed by atoms with E-state index in [0.717, 1.165) is 51.0 Å². The third-order valence-corrected chi connectivity index (χ3v) is 9.24. The number of piperidine rings is 2. The highest BCUT2D eigenvalue weighted by atomic mass is 16.6. The first-order chi connectivity index (χ1) is 23.6. The number of hydrogen-bond donors (Lipinski definition) is 2. The van der Waals surface area contributed by atoms with E-state index in [1.165, 1.54) is 0 Å². The van der Waals surface area contributed by atoms with Crippen molar-refractivity contribution in [2.75, 3.05) is 33.5 Å². The number of ether oxygens (including phenoxy) is 4. The molecule has 48 heavy (non-hydrogen) atoms. The quantitative estimate of drug-likeness (QED) is 0.142. The summed E-state index contributed by atoms with van der Waals surface area (Å²) >= 11 is 0. The van der Waals surface area contributed by atoms with Gasteiger partial charge in [0.05, 0.1) is 32.1 Å². The molecule has 0 saturated carbocycles. The Balaban J connectivity index is 1.51. The van der Waals surface area contributed by atoms with Gasteiger partial charge in [0.2, 0.25) is 0 Å². The Morgan fingerprint density at radius 1 is 0.438 bits per heavy atom. The minimum Gasteiger partial charge on any atom is -0.494 e. The van der Waals surface area contributed by atoms with Gasteiger partial charge in [0.15, 0.2) is 0 Å². The molecule has 2 aliphatic heterocycles. The summed E-state index contributed by atoms with van der Waals surface area (Å²) in [7, 11) is 1.65. The van der Waals surface area contributed by atoms with Crippen molar-refractivity contribution >= 4 is 5.71 Å². The Morgan fingerprint density at radius 2 is 0.688 bits per heavy atom. The van der Waals surface area contributed by atoms with Gasteiger partial charge in [-0.05, 0) is 98.5 Å². The zero-order valence-corrected chi connectivity index (χ0v) is 28.5. The van der Waals surface area contributed by atoms with E-state index in [1.807, 2.05) is 27.7 Å². The largest absolute Gasteiger partial charge is 0.494 e. The van der Waals surface area contributed by atoms with E-state index in [0.29, 0.717) is 26.4 Å². The van der Waals surface area contributed by atoms with Gasteiger partial charge >= 0.3 is 0 Å². The van der Waals surface area contributed by atoms with Crippen LogP contribution in [0.4, 0.5) is 0 Å². The molecule has 2 heterocycles. The summed E-state index contributed by atoms with van der Waals surface area (Å²) in [6.45, 7) is 10.5. The summed E-state index contributed by atoms with van der Waals surface area (Å²) in [5, 5.41) is 13.2. The van der Waals surface area contributed by atoms with Crippen LogP contribution in [0.3, 0.4) is 0 Å². The van der Waals surface area contributed by atoms with Gasteiger partial charge in [-0.2, -0.15) is 0 Å². The molecule has 2 saturated heterocycles. The summed E-state index contributed by atoms with van der Waals surface area (Å²) in [6, 6.07) is 33.4. The third-order valence-electron chi connectivity index (χ3n) is 9.24. The molecular weight excluding hydrogens is 602 g/mol. The summed E-state index contributed by atoms with van der Waals surface area (Å²) in [5.41, 5.74) is 5.63. The molecule has 2 aliphatic rings. The maximum absolute atomic E-state index is 5.81. The summed E-state index contributed by atoms with van der Waals surface area (Å²) in [4.78, 5) is 5.71. The molecule has 8 heteroatoms. The van der Waals surface area contributed by atoms with E-state index >= 15 is 0 Å². The molecule has 2 N–H and O–H groups in total. The van der Waals surface area contributed by atoms with Gasteiger partial charge in [-0.15, -0.1) is 0 Å². The predicted octanol–water partition coefficient (Wildman–Crippen LogP) is 7.99. The van der Waals surface area contributed by atoms with E-state index in [1.54, 1.807) is 7.11 Å². The number of rotatable bonds is 13. The monoisotopic (exact) mass is 649 g/mol. The highest BCUT2D eigenvalue weighted by Gasteiger charge is 2.54. The highest BCUT2D eigenvalue weighted by Crippen LogP contribution is 2.53. The zero-order chi connectivity index (χ0) is 33.5. The van der Waals surface area contributed by atoms with Gasteiger partial charge < -0.3 is 34.4 Å². The van der Waals surface area contributed by atoms with Crippen molar-refractivity contribution < 1.29 is 23.8 Å². The summed E-state index contributed by atoms with van der Waals surface area (Å²) in [6.07, 6.45) is 0. The molecule has 2 fully saturated rings. The minimum atomic E-state index is -0.0901. The van der Waals surface area contributed by atoms with E-state index in [9.17, 15) is 0 Å². The second kappa shape index (κ2) is 15.6.